The largest absolute Gasteiger partial charge is 0.492 e. The Morgan fingerprint density at radius 2 is 1.68 bits per heavy atom. The SMILES string of the molecule is CCNC(=NCCC(F)(F)F)NCCOc1ccc(C(F)(F)F)cc1. The van der Waals surface area contributed by atoms with Gasteiger partial charge in [-0.1, -0.05) is 0 Å². The predicted octanol–water partition coefficient (Wildman–Crippen LogP) is 3.59. The first kappa shape index (κ1) is 20.9. The number of guanidine groups is 1. The number of hydrogen-bond donors (Lipinski definition) is 2. The van der Waals surface area contributed by atoms with E-state index in [1.165, 1.54) is 12.1 Å². The lowest BCUT2D eigenvalue weighted by molar-refractivity contribution is -0.137. The van der Waals surface area contributed by atoms with Gasteiger partial charge in [-0.05, 0) is 31.2 Å². The molecule has 0 bridgehead atoms. The van der Waals surface area contributed by atoms with E-state index in [0.717, 1.165) is 12.1 Å². The number of nitrogens with one attached hydrogen (secondary N) is 2. The Morgan fingerprint density at radius 1 is 1.04 bits per heavy atom. The molecule has 0 atom stereocenters. The van der Waals surface area contributed by atoms with Crippen LogP contribution in [0.25, 0.3) is 0 Å². The average Bonchev–Trinajstić information content (AvgIpc) is 2.50. The second-order valence-corrected chi connectivity index (χ2v) is 4.92. The second kappa shape index (κ2) is 9.38. The van der Waals surface area contributed by atoms with Gasteiger partial charge in [-0.25, -0.2) is 0 Å². The van der Waals surface area contributed by atoms with Crippen molar-refractivity contribution in [3.8, 4) is 5.75 Å². The molecule has 25 heavy (non-hydrogen) atoms. The topological polar surface area (TPSA) is 45.7 Å². The molecule has 0 unspecified atom stereocenters. The molecule has 1 aromatic carbocycles. The zero-order valence-corrected chi connectivity index (χ0v) is 13.5. The number of nitrogens with zero attached hydrogens (tertiary/aromatic N) is 1. The third kappa shape index (κ3) is 9.06. The standard InChI is InChI=1S/C15H19F6N3O/c1-2-22-13(23-8-7-14(16,17)18)24-9-10-25-12-5-3-11(4-6-12)15(19,20)21/h3-6H,2,7-10H2,1H3,(H2,22,23,24). The summed E-state index contributed by atoms with van der Waals surface area (Å²) in [6, 6.07) is 4.22. The Bertz CT molecular complexity index is 540. The minimum atomic E-state index is -4.41. The summed E-state index contributed by atoms with van der Waals surface area (Å²) in [6.45, 7) is 2.16. The molecule has 0 aliphatic heterocycles. The number of hydrogen-bond acceptors (Lipinski definition) is 2. The van der Waals surface area contributed by atoms with Gasteiger partial charge in [0.1, 0.15) is 12.4 Å². The van der Waals surface area contributed by atoms with Gasteiger partial charge in [0.05, 0.1) is 25.1 Å². The molecule has 2 N–H and O–H groups in total. The number of ether oxygens (including phenoxy) is 1. The van der Waals surface area contributed by atoms with Gasteiger partial charge in [-0.15, -0.1) is 0 Å². The summed E-state index contributed by atoms with van der Waals surface area (Å²) in [5.41, 5.74) is -0.774. The van der Waals surface area contributed by atoms with E-state index in [0.29, 0.717) is 6.54 Å². The first-order chi connectivity index (χ1) is 11.6. The maximum Gasteiger partial charge on any atom is 0.416 e. The molecule has 1 aromatic rings. The van der Waals surface area contributed by atoms with Gasteiger partial charge in [0.15, 0.2) is 5.96 Å². The van der Waals surface area contributed by atoms with Crippen LogP contribution < -0.4 is 15.4 Å². The Hall–Kier alpha value is -2.13. The van der Waals surface area contributed by atoms with E-state index in [-0.39, 0.29) is 24.9 Å². The van der Waals surface area contributed by atoms with E-state index in [9.17, 15) is 26.3 Å². The molecule has 142 valence electrons. The van der Waals surface area contributed by atoms with Crippen LogP contribution in [-0.4, -0.2) is 38.4 Å². The lowest BCUT2D eigenvalue weighted by Gasteiger charge is -2.13. The van der Waals surface area contributed by atoms with Crippen molar-refractivity contribution < 1.29 is 31.1 Å². The molecule has 0 saturated heterocycles. The molecule has 0 amide bonds. The van der Waals surface area contributed by atoms with Gasteiger partial charge >= 0.3 is 12.4 Å². The highest BCUT2D eigenvalue weighted by molar-refractivity contribution is 5.79. The van der Waals surface area contributed by atoms with Crippen molar-refractivity contribution in [1.29, 1.82) is 0 Å². The van der Waals surface area contributed by atoms with Crippen molar-refractivity contribution >= 4 is 5.96 Å². The Morgan fingerprint density at radius 3 is 2.20 bits per heavy atom. The zero-order chi connectivity index (χ0) is 18.9. The molecule has 10 heteroatoms. The molecule has 0 heterocycles. The molecule has 0 aromatic heterocycles. The van der Waals surface area contributed by atoms with Crippen LogP contribution in [0.2, 0.25) is 0 Å². The minimum Gasteiger partial charge on any atom is -0.492 e. The molecule has 0 spiro atoms. The summed E-state index contributed by atoms with van der Waals surface area (Å²) >= 11 is 0. The highest BCUT2D eigenvalue weighted by atomic mass is 19.4. The molecule has 0 aliphatic rings. The highest BCUT2D eigenvalue weighted by Gasteiger charge is 2.30. The van der Waals surface area contributed by atoms with E-state index in [2.05, 4.69) is 15.6 Å². The summed E-state index contributed by atoms with van der Waals surface area (Å²) in [5, 5.41) is 5.56. The van der Waals surface area contributed by atoms with Gasteiger partial charge in [-0.3, -0.25) is 4.99 Å². The number of aliphatic imine (C=N–C) groups is 1. The van der Waals surface area contributed by atoms with Crippen LogP contribution >= 0.6 is 0 Å². The summed E-state index contributed by atoms with van der Waals surface area (Å²) in [7, 11) is 0. The van der Waals surface area contributed by atoms with Crippen molar-refractivity contribution in [3.63, 3.8) is 0 Å². The zero-order valence-electron chi connectivity index (χ0n) is 13.5. The fourth-order valence-corrected chi connectivity index (χ4v) is 1.71. The highest BCUT2D eigenvalue weighted by Crippen LogP contribution is 2.30. The third-order valence-electron chi connectivity index (χ3n) is 2.85. The predicted molar refractivity (Wildman–Crippen MR) is 81.6 cm³/mol. The van der Waals surface area contributed by atoms with Gasteiger partial charge in [0.2, 0.25) is 0 Å². The van der Waals surface area contributed by atoms with E-state index in [1.54, 1.807) is 6.92 Å². The number of halogens is 6. The monoisotopic (exact) mass is 371 g/mol. The van der Waals surface area contributed by atoms with Crippen LogP contribution in [-0.2, 0) is 6.18 Å². The molecule has 1 rings (SSSR count). The van der Waals surface area contributed by atoms with Gasteiger partial charge in [-0.2, -0.15) is 26.3 Å². The molecule has 0 radical (unpaired) electrons. The second-order valence-electron chi connectivity index (χ2n) is 4.92. The molecular weight excluding hydrogens is 352 g/mol. The van der Waals surface area contributed by atoms with Crippen molar-refractivity contribution in [2.45, 2.75) is 25.7 Å². The minimum absolute atomic E-state index is 0.106. The summed E-state index contributed by atoms with van der Waals surface area (Å²) < 4.78 is 78.8. The molecular formula is C15H19F6N3O. The van der Waals surface area contributed by atoms with E-state index < -0.39 is 30.9 Å². The summed E-state index contributed by atoms with van der Waals surface area (Å²) in [6.07, 6.45) is -9.70. The van der Waals surface area contributed by atoms with Crippen LogP contribution in [0.1, 0.15) is 18.9 Å². The van der Waals surface area contributed by atoms with Gasteiger partial charge in [0, 0.05) is 6.54 Å². The Kier molecular flexibility index (Phi) is 7.85. The molecule has 0 aliphatic carbocycles. The van der Waals surface area contributed by atoms with E-state index in [1.807, 2.05) is 0 Å². The van der Waals surface area contributed by atoms with Crippen molar-refractivity contribution in [2.75, 3.05) is 26.2 Å². The number of alkyl halides is 6. The third-order valence-corrected chi connectivity index (χ3v) is 2.85. The van der Waals surface area contributed by atoms with Crippen LogP contribution in [0.3, 0.4) is 0 Å². The smallest absolute Gasteiger partial charge is 0.416 e. The van der Waals surface area contributed by atoms with Crippen LogP contribution in [0.5, 0.6) is 5.75 Å². The van der Waals surface area contributed by atoms with Gasteiger partial charge in [0.25, 0.3) is 0 Å². The van der Waals surface area contributed by atoms with E-state index in [4.69, 9.17) is 4.74 Å². The summed E-state index contributed by atoms with van der Waals surface area (Å²) in [5.74, 6) is 0.469. The Balaban J connectivity index is 2.39. The summed E-state index contributed by atoms with van der Waals surface area (Å²) in [4.78, 5) is 3.78. The molecule has 0 saturated carbocycles. The first-order valence-corrected chi connectivity index (χ1v) is 7.51. The van der Waals surface area contributed by atoms with Gasteiger partial charge < -0.3 is 15.4 Å². The van der Waals surface area contributed by atoms with Crippen molar-refractivity contribution in [2.24, 2.45) is 4.99 Å². The lowest BCUT2D eigenvalue weighted by atomic mass is 10.2. The Labute approximate surface area is 141 Å². The quantitative estimate of drug-likeness (QED) is 0.333. The van der Waals surface area contributed by atoms with Crippen molar-refractivity contribution in [3.05, 3.63) is 29.8 Å². The fourth-order valence-electron chi connectivity index (χ4n) is 1.71. The molecule has 4 nitrogen and oxygen atoms in total. The van der Waals surface area contributed by atoms with Crippen LogP contribution in [0, 0.1) is 0 Å². The first-order valence-electron chi connectivity index (χ1n) is 7.51. The number of benzene rings is 1. The molecule has 0 fully saturated rings. The lowest BCUT2D eigenvalue weighted by Crippen LogP contribution is -2.39. The average molecular weight is 371 g/mol. The van der Waals surface area contributed by atoms with Crippen LogP contribution in [0.4, 0.5) is 26.3 Å². The van der Waals surface area contributed by atoms with Crippen molar-refractivity contribution in [1.82, 2.24) is 10.6 Å². The van der Waals surface area contributed by atoms with E-state index >= 15 is 0 Å². The van der Waals surface area contributed by atoms with Crippen LogP contribution in [0.15, 0.2) is 29.3 Å². The normalized spacial score (nSPS) is 12.8. The maximum absolute atomic E-state index is 12.4. The fraction of sp³-hybridized carbons (Fsp3) is 0.533. The number of rotatable bonds is 7. The maximum atomic E-state index is 12.4.